The van der Waals surface area contributed by atoms with E-state index >= 15 is 0 Å². The SMILES string of the molecule is NC(=O)C1=Cc2cccc3ncc(n23)C1. The van der Waals surface area contributed by atoms with Gasteiger partial charge in [-0.1, -0.05) is 6.07 Å². The van der Waals surface area contributed by atoms with Crippen molar-refractivity contribution in [2.75, 3.05) is 0 Å². The zero-order valence-corrected chi connectivity index (χ0v) is 7.97. The molecule has 0 saturated heterocycles. The fourth-order valence-electron chi connectivity index (χ4n) is 1.95. The maximum atomic E-state index is 11.1. The Bertz CT molecular complexity index is 595. The Morgan fingerprint density at radius 2 is 2.33 bits per heavy atom. The van der Waals surface area contributed by atoms with Crippen molar-refractivity contribution in [2.45, 2.75) is 6.42 Å². The second-order valence-electron chi connectivity index (χ2n) is 3.60. The number of amides is 1. The number of carbonyl (C=O) groups is 1. The molecule has 2 aromatic rings. The van der Waals surface area contributed by atoms with Crippen LogP contribution < -0.4 is 5.73 Å². The number of hydrogen-bond acceptors (Lipinski definition) is 2. The van der Waals surface area contributed by atoms with E-state index in [2.05, 4.69) is 4.98 Å². The first-order chi connectivity index (χ1) is 7.25. The predicted molar refractivity (Wildman–Crippen MR) is 56.1 cm³/mol. The van der Waals surface area contributed by atoms with Gasteiger partial charge in [0.05, 0.1) is 0 Å². The fourth-order valence-corrected chi connectivity index (χ4v) is 1.95. The number of imidazole rings is 1. The van der Waals surface area contributed by atoms with E-state index in [-0.39, 0.29) is 5.91 Å². The molecule has 3 rings (SSSR count). The first-order valence-corrected chi connectivity index (χ1v) is 4.71. The van der Waals surface area contributed by atoms with Crippen molar-refractivity contribution in [1.82, 2.24) is 9.38 Å². The van der Waals surface area contributed by atoms with Gasteiger partial charge < -0.3 is 5.73 Å². The van der Waals surface area contributed by atoms with Crippen molar-refractivity contribution in [2.24, 2.45) is 5.73 Å². The molecule has 0 bridgehead atoms. The van der Waals surface area contributed by atoms with Gasteiger partial charge in [-0.15, -0.1) is 0 Å². The van der Waals surface area contributed by atoms with Gasteiger partial charge in [0.1, 0.15) is 5.65 Å². The number of rotatable bonds is 1. The van der Waals surface area contributed by atoms with Crippen molar-refractivity contribution in [3.8, 4) is 0 Å². The summed E-state index contributed by atoms with van der Waals surface area (Å²) in [5, 5.41) is 0. The van der Waals surface area contributed by atoms with Crippen LogP contribution >= 0.6 is 0 Å². The van der Waals surface area contributed by atoms with E-state index < -0.39 is 0 Å². The second-order valence-corrected chi connectivity index (χ2v) is 3.60. The van der Waals surface area contributed by atoms with E-state index in [4.69, 9.17) is 5.73 Å². The van der Waals surface area contributed by atoms with Crippen LogP contribution in [0.4, 0.5) is 0 Å². The van der Waals surface area contributed by atoms with E-state index in [0.717, 1.165) is 17.0 Å². The third-order valence-corrected chi connectivity index (χ3v) is 2.64. The van der Waals surface area contributed by atoms with E-state index in [1.807, 2.05) is 28.7 Å². The summed E-state index contributed by atoms with van der Waals surface area (Å²) in [6, 6.07) is 5.80. The monoisotopic (exact) mass is 199 g/mol. The van der Waals surface area contributed by atoms with Crippen molar-refractivity contribution in [3.05, 3.63) is 41.4 Å². The third kappa shape index (κ3) is 1.08. The Kier molecular flexibility index (Phi) is 1.48. The lowest BCUT2D eigenvalue weighted by Gasteiger charge is -2.12. The highest BCUT2D eigenvalue weighted by atomic mass is 16.1. The number of nitrogens with zero attached hydrogens (tertiary/aromatic N) is 2. The normalized spacial score (nSPS) is 14.0. The van der Waals surface area contributed by atoms with Crippen molar-refractivity contribution in [1.29, 1.82) is 0 Å². The average molecular weight is 199 g/mol. The van der Waals surface area contributed by atoms with E-state index in [0.29, 0.717) is 12.0 Å². The Hall–Kier alpha value is -2.10. The maximum absolute atomic E-state index is 11.1. The Morgan fingerprint density at radius 1 is 1.47 bits per heavy atom. The summed E-state index contributed by atoms with van der Waals surface area (Å²) in [4.78, 5) is 15.4. The van der Waals surface area contributed by atoms with Gasteiger partial charge in [-0.2, -0.15) is 0 Å². The summed E-state index contributed by atoms with van der Waals surface area (Å²) >= 11 is 0. The molecule has 4 heteroatoms. The first kappa shape index (κ1) is 8.23. The van der Waals surface area contributed by atoms with Crippen LogP contribution in [0.1, 0.15) is 11.4 Å². The van der Waals surface area contributed by atoms with Gasteiger partial charge in [-0.3, -0.25) is 9.20 Å². The Morgan fingerprint density at radius 3 is 3.13 bits per heavy atom. The number of aromatic nitrogens is 2. The minimum absolute atomic E-state index is 0.362. The highest BCUT2D eigenvalue weighted by molar-refractivity contribution is 5.97. The average Bonchev–Trinajstić information content (AvgIpc) is 2.64. The zero-order valence-electron chi connectivity index (χ0n) is 7.97. The van der Waals surface area contributed by atoms with Crippen LogP contribution in [0.2, 0.25) is 0 Å². The van der Waals surface area contributed by atoms with Crippen LogP contribution in [0.5, 0.6) is 0 Å². The maximum Gasteiger partial charge on any atom is 0.245 e. The first-order valence-electron chi connectivity index (χ1n) is 4.71. The molecule has 4 nitrogen and oxygen atoms in total. The van der Waals surface area contributed by atoms with Crippen LogP contribution in [0, 0.1) is 0 Å². The molecule has 74 valence electrons. The standard InChI is InChI=1S/C11H9N3O/c12-11(15)7-4-8-2-1-3-10-13-6-9(5-7)14(8)10/h1-4,6H,5H2,(H2,12,15). The topological polar surface area (TPSA) is 60.4 Å². The number of carbonyl (C=O) groups excluding carboxylic acids is 1. The van der Waals surface area contributed by atoms with Gasteiger partial charge >= 0.3 is 0 Å². The van der Waals surface area contributed by atoms with Crippen LogP contribution in [-0.4, -0.2) is 15.3 Å². The van der Waals surface area contributed by atoms with Crippen LogP contribution in [0.3, 0.4) is 0 Å². The molecule has 1 amide bonds. The summed E-state index contributed by atoms with van der Waals surface area (Å²) in [7, 11) is 0. The molecule has 0 unspecified atom stereocenters. The number of primary amides is 1. The van der Waals surface area contributed by atoms with E-state index in [1.54, 1.807) is 6.20 Å². The lowest BCUT2D eigenvalue weighted by molar-refractivity contribution is -0.114. The molecule has 2 N–H and O–H groups in total. The number of pyridine rings is 1. The molecule has 0 radical (unpaired) electrons. The summed E-state index contributed by atoms with van der Waals surface area (Å²) in [6.07, 6.45) is 4.17. The lowest BCUT2D eigenvalue weighted by atomic mass is 10.1. The van der Waals surface area contributed by atoms with Crippen LogP contribution in [0.25, 0.3) is 11.7 Å². The minimum Gasteiger partial charge on any atom is -0.366 e. The highest BCUT2D eigenvalue weighted by Crippen LogP contribution is 2.21. The summed E-state index contributed by atoms with van der Waals surface area (Å²) in [5.41, 5.74) is 8.79. The molecule has 0 aliphatic carbocycles. The highest BCUT2D eigenvalue weighted by Gasteiger charge is 2.16. The number of hydrogen-bond donors (Lipinski definition) is 1. The third-order valence-electron chi connectivity index (χ3n) is 2.64. The van der Waals surface area contributed by atoms with E-state index in [1.165, 1.54) is 0 Å². The molecule has 0 atom stereocenters. The van der Waals surface area contributed by atoms with Gasteiger partial charge in [0, 0.05) is 29.6 Å². The smallest absolute Gasteiger partial charge is 0.245 e. The molecule has 0 aromatic carbocycles. The summed E-state index contributed by atoms with van der Waals surface area (Å²) in [5.74, 6) is -0.362. The van der Waals surface area contributed by atoms with E-state index in [9.17, 15) is 4.79 Å². The van der Waals surface area contributed by atoms with Gasteiger partial charge in [0.15, 0.2) is 0 Å². The molecule has 3 heterocycles. The summed E-state index contributed by atoms with van der Waals surface area (Å²) in [6.45, 7) is 0. The van der Waals surface area contributed by atoms with Crippen molar-refractivity contribution in [3.63, 3.8) is 0 Å². The molecule has 0 saturated carbocycles. The zero-order chi connectivity index (χ0) is 10.4. The quantitative estimate of drug-likeness (QED) is 0.737. The molecule has 1 aliphatic rings. The summed E-state index contributed by atoms with van der Waals surface area (Å²) < 4.78 is 2.03. The van der Waals surface area contributed by atoms with Crippen LogP contribution in [0.15, 0.2) is 30.0 Å². The molecule has 1 aliphatic heterocycles. The predicted octanol–water partition coefficient (Wildman–Crippen LogP) is 0.759. The second kappa shape index (κ2) is 2.70. The van der Waals surface area contributed by atoms with Crippen molar-refractivity contribution < 1.29 is 4.79 Å². The molecular formula is C11H9N3O. The molecule has 0 spiro atoms. The molecule has 2 aromatic heterocycles. The van der Waals surface area contributed by atoms with Crippen LogP contribution in [-0.2, 0) is 11.2 Å². The minimum atomic E-state index is -0.362. The van der Waals surface area contributed by atoms with Gasteiger partial charge in [0.2, 0.25) is 5.91 Å². The Labute approximate surface area is 86.0 Å². The van der Waals surface area contributed by atoms with Gasteiger partial charge in [-0.25, -0.2) is 4.98 Å². The van der Waals surface area contributed by atoms with Crippen molar-refractivity contribution >= 4 is 17.6 Å². The molecule has 0 fully saturated rings. The largest absolute Gasteiger partial charge is 0.366 e. The lowest BCUT2D eigenvalue weighted by Crippen LogP contribution is -2.18. The van der Waals surface area contributed by atoms with Gasteiger partial charge in [-0.05, 0) is 18.2 Å². The molecule has 15 heavy (non-hydrogen) atoms. The Balaban J connectivity index is 2.33. The van der Waals surface area contributed by atoms with Gasteiger partial charge in [0.25, 0.3) is 0 Å². The fraction of sp³-hybridized carbons (Fsp3) is 0.0909. The molecular weight excluding hydrogens is 190 g/mol. The number of nitrogens with two attached hydrogens (primary N) is 1.